The second-order valence-electron chi connectivity index (χ2n) is 5.78. The summed E-state index contributed by atoms with van der Waals surface area (Å²) < 4.78 is 1.94. The third kappa shape index (κ3) is 3.46. The molecule has 1 atom stereocenters. The highest BCUT2D eigenvalue weighted by atomic mass is 35.5. The molecule has 2 heterocycles. The summed E-state index contributed by atoms with van der Waals surface area (Å²) in [6, 6.07) is 9.09. The van der Waals surface area contributed by atoms with E-state index in [1.54, 1.807) is 0 Å². The van der Waals surface area contributed by atoms with Crippen LogP contribution in [0.2, 0.25) is 0 Å². The van der Waals surface area contributed by atoms with Crippen LogP contribution in [0.3, 0.4) is 0 Å². The van der Waals surface area contributed by atoms with Crippen LogP contribution in [0, 0.1) is 6.92 Å². The van der Waals surface area contributed by atoms with E-state index in [-0.39, 0.29) is 12.4 Å². The molecule has 0 amide bonds. The zero-order valence-electron chi connectivity index (χ0n) is 12.6. The molecule has 21 heavy (non-hydrogen) atoms. The van der Waals surface area contributed by atoms with Gasteiger partial charge in [0.2, 0.25) is 0 Å². The second-order valence-corrected chi connectivity index (χ2v) is 5.78. The van der Waals surface area contributed by atoms with Crippen molar-refractivity contribution in [2.45, 2.75) is 25.9 Å². The molecule has 2 N–H and O–H groups in total. The van der Waals surface area contributed by atoms with Crippen molar-refractivity contribution < 1.29 is 0 Å². The monoisotopic (exact) mass is 306 g/mol. The van der Waals surface area contributed by atoms with Gasteiger partial charge >= 0.3 is 0 Å². The number of rotatable bonds is 3. The fourth-order valence-electron chi connectivity index (χ4n) is 2.95. The van der Waals surface area contributed by atoms with E-state index in [4.69, 9.17) is 5.73 Å². The molecule has 0 radical (unpaired) electrons. The Hall–Kier alpha value is -1.36. The van der Waals surface area contributed by atoms with Crippen molar-refractivity contribution >= 4 is 12.4 Å². The van der Waals surface area contributed by atoms with Crippen LogP contribution >= 0.6 is 12.4 Å². The molecule has 4 nitrogen and oxygen atoms in total. The lowest BCUT2D eigenvalue weighted by molar-refractivity contribution is 0.327. The van der Waals surface area contributed by atoms with Gasteiger partial charge in [0.1, 0.15) is 0 Å². The molecule has 1 aromatic heterocycles. The molecule has 0 aliphatic carbocycles. The molecule has 1 saturated heterocycles. The van der Waals surface area contributed by atoms with Crippen LogP contribution in [-0.2, 0) is 13.6 Å². The summed E-state index contributed by atoms with van der Waals surface area (Å²) in [5, 5.41) is 4.29. The molecule has 114 valence electrons. The van der Waals surface area contributed by atoms with E-state index in [1.807, 2.05) is 17.9 Å². The summed E-state index contributed by atoms with van der Waals surface area (Å²) in [6.07, 6.45) is 2.96. The zero-order valence-corrected chi connectivity index (χ0v) is 13.4. The van der Waals surface area contributed by atoms with Gasteiger partial charge in [0.25, 0.3) is 0 Å². The molecule has 0 saturated carbocycles. The zero-order chi connectivity index (χ0) is 14.1. The quantitative estimate of drug-likeness (QED) is 0.947. The fourth-order valence-corrected chi connectivity index (χ4v) is 2.95. The van der Waals surface area contributed by atoms with Crippen molar-refractivity contribution in [2.75, 3.05) is 13.1 Å². The van der Waals surface area contributed by atoms with Crippen molar-refractivity contribution in [3.63, 3.8) is 0 Å². The maximum absolute atomic E-state index is 6.00. The minimum absolute atomic E-state index is 0. The first-order valence-corrected chi connectivity index (χ1v) is 7.19. The van der Waals surface area contributed by atoms with E-state index in [0.717, 1.165) is 26.1 Å². The number of benzene rings is 1. The molecule has 1 fully saturated rings. The van der Waals surface area contributed by atoms with Crippen LogP contribution in [0.5, 0.6) is 0 Å². The number of likely N-dealkylation sites (tertiary alicyclic amines) is 1. The van der Waals surface area contributed by atoms with Gasteiger partial charge in [-0.15, -0.1) is 12.4 Å². The van der Waals surface area contributed by atoms with Gasteiger partial charge in [0, 0.05) is 44.5 Å². The summed E-state index contributed by atoms with van der Waals surface area (Å²) in [4.78, 5) is 2.44. The summed E-state index contributed by atoms with van der Waals surface area (Å²) >= 11 is 0. The molecule has 1 aromatic carbocycles. The Morgan fingerprint density at radius 3 is 2.76 bits per heavy atom. The highest BCUT2D eigenvalue weighted by molar-refractivity contribution is 5.85. The van der Waals surface area contributed by atoms with Crippen LogP contribution in [-0.4, -0.2) is 33.8 Å². The first-order chi connectivity index (χ1) is 9.63. The number of halogens is 1. The smallest absolute Gasteiger partial charge is 0.0682 e. The Morgan fingerprint density at radius 2 is 2.14 bits per heavy atom. The van der Waals surface area contributed by atoms with Crippen molar-refractivity contribution in [1.82, 2.24) is 14.7 Å². The van der Waals surface area contributed by atoms with E-state index >= 15 is 0 Å². The molecule has 1 aliphatic rings. The first kappa shape index (κ1) is 16.0. The van der Waals surface area contributed by atoms with Crippen LogP contribution in [0.25, 0.3) is 11.3 Å². The lowest BCUT2D eigenvalue weighted by atomic mass is 10.0. The molecule has 0 spiro atoms. The van der Waals surface area contributed by atoms with Gasteiger partial charge in [-0.05, 0) is 31.0 Å². The summed E-state index contributed by atoms with van der Waals surface area (Å²) in [5.74, 6) is 0. The first-order valence-electron chi connectivity index (χ1n) is 7.19. The number of aromatic nitrogens is 2. The Kier molecular flexibility index (Phi) is 5.04. The van der Waals surface area contributed by atoms with Gasteiger partial charge in [-0.3, -0.25) is 9.58 Å². The number of hydrogen-bond donors (Lipinski definition) is 1. The minimum Gasteiger partial charge on any atom is -0.326 e. The van der Waals surface area contributed by atoms with Gasteiger partial charge in [0.05, 0.1) is 5.69 Å². The van der Waals surface area contributed by atoms with Gasteiger partial charge in [-0.1, -0.05) is 17.7 Å². The molecular weight excluding hydrogens is 284 g/mol. The predicted molar refractivity (Wildman–Crippen MR) is 88.5 cm³/mol. The molecule has 5 heteroatoms. The number of aryl methyl sites for hydroxylation is 2. The van der Waals surface area contributed by atoms with Crippen LogP contribution < -0.4 is 5.73 Å². The fraction of sp³-hybridized carbons (Fsp3) is 0.438. The van der Waals surface area contributed by atoms with Gasteiger partial charge in [0.15, 0.2) is 0 Å². The molecular formula is C16H23ClN4. The summed E-state index contributed by atoms with van der Waals surface area (Å²) in [5.41, 5.74) is 11.1. The predicted octanol–water partition coefficient (Wildman–Crippen LogP) is 2.35. The highest BCUT2D eigenvalue weighted by Crippen LogP contribution is 2.26. The van der Waals surface area contributed by atoms with Gasteiger partial charge < -0.3 is 5.73 Å². The number of nitrogens with zero attached hydrogens (tertiary/aromatic N) is 3. The molecule has 1 aliphatic heterocycles. The summed E-state index contributed by atoms with van der Waals surface area (Å²) in [7, 11) is 1.99. The third-order valence-electron chi connectivity index (χ3n) is 4.07. The Labute approximate surface area is 132 Å². The van der Waals surface area contributed by atoms with E-state index in [0.29, 0.717) is 6.04 Å². The van der Waals surface area contributed by atoms with Crippen molar-refractivity contribution in [1.29, 1.82) is 0 Å². The van der Waals surface area contributed by atoms with Crippen molar-refractivity contribution in [2.24, 2.45) is 12.8 Å². The largest absolute Gasteiger partial charge is 0.326 e. The van der Waals surface area contributed by atoms with E-state index < -0.39 is 0 Å². The number of hydrogen-bond acceptors (Lipinski definition) is 3. The van der Waals surface area contributed by atoms with E-state index in [2.05, 4.69) is 41.2 Å². The minimum atomic E-state index is 0. The Balaban J connectivity index is 0.00000161. The van der Waals surface area contributed by atoms with Crippen LogP contribution in [0.15, 0.2) is 30.5 Å². The average Bonchev–Trinajstić information content (AvgIpc) is 3.01. The van der Waals surface area contributed by atoms with E-state index in [1.165, 1.54) is 22.4 Å². The maximum Gasteiger partial charge on any atom is 0.0682 e. The molecule has 1 unspecified atom stereocenters. The lowest BCUT2D eigenvalue weighted by Crippen LogP contribution is -2.26. The second kappa shape index (κ2) is 6.60. The topological polar surface area (TPSA) is 47.1 Å². The number of nitrogens with two attached hydrogens (primary N) is 1. The van der Waals surface area contributed by atoms with Crippen molar-refractivity contribution in [3.05, 3.63) is 41.6 Å². The lowest BCUT2D eigenvalue weighted by Gasteiger charge is -2.18. The van der Waals surface area contributed by atoms with Crippen LogP contribution in [0.1, 0.15) is 17.5 Å². The normalized spacial score (nSPS) is 18.7. The van der Waals surface area contributed by atoms with Gasteiger partial charge in [-0.2, -0.15) is 5.10 Å². The van der Waals surface area contributed by atoms with Crippen molar-refractivity contribution in [3.8, 4) is 11.3 Å². The Morgan fingerprint density at radius 1 is 1.33 bits per heavy atom. The maximum atomic E-state index is 6.00. The highest BCUT2D eigenvalue weighted by Gasteiger charge is 2.20. The van der Waals surface area contributed by atoms with Crippen LogP contribution in [0.4, 0.5) is 0 Å². The molecule has 3 rings (SSSR count). The standard InChI is InChI=1S/C16H22N4.ClH/c1-12-3-4-13(10-20-8-6-14(17)11-20)15(9-12)16-5-7-18-19(16)2;/h3-5,7,9,14H,6,8,10-11,17H2,1-2H3;1H. The molecule has 0 bridgehead atoms. The SMILES string of the molecule is Cc1ccc(CN2CCC(N)C2)c(-c2ccnn2C)c1.Cl. The van der Waals surface area contributed by atoms with E-state index in [9.17, 15) is 0 Å². The average molecular weight is 307 g/mol. The third-order valence-corrected chi connectivity index (χ3v) is 4.07. The summed E-state index contributed by atoms with van der Waals surface area (Å²) in [6.45, 7) is 5.20. The van der Waals surface area contributed by atoms with Gasteiger partial charge in [-0.25, -0.2) is 0 Å². The molecule has 2 aromatic rings. The Bertz CT molecular complexity index is 608.